The molecule has 0 aliphatic rings. The zero-order valence-electron chi connectivity index (χ0n) is 12.0. The zero-order chi connectivity index (χ0) is 16.1. The molecule has 0 atom stereocenters. The summed E-state index contributed by atoms with van der Waals surface area (Å²) in [6.07, 6.45) is 1.35. The fraction of sp³-hybridized carbons (Fsp3) is 0. The number of rotatable bonds is 4. The Morgan fingerprint density at radius 2 is 1.65 bits per heavy atom. The summed E-state index contributed by atoms with van der Waals surface area (Å²) in [5, 5.41) is 6.54. The summed E-state index contributed by atoms with van der Waals surface area (Å²) < 4.78 is 0. The normalized spacial score (nSPS) is 10.1. The van der Waals surface area contributed by atoms with Gasteiger partial charge in [0.25, 0.3) is 5.91 Å². The van der Waals surface area contributed by atoms with E-state index in [9.17, 15) is 4.79 Å². The Hall–Kier alpha value is -2.92. The first-order chi connectivity index (χ1) is 11.2. The van der Waals surface area contributed by atoms with Crippen LogP contribution < -0.4 is 10.6 Å². The van der Waals surface area contributed by atoms with Crippen molar-refractivity contribution in [3.05, 3.63) is 77.7 Å². The zero-order valence-corrected chi connectivity index (χ0v) is 12.8. The first kappa shape index (κ1) is 15.0. The summed E-state index contributed by atoms with van der Waals surface area (Å²) in [6.45, 7) is 0. The van der Waals surface area contributed by atoms with Crippen molar-refractivity contribution in [1.82, 2.24) is 9.97 Å². The molecule has 5 nitrogen and oxygen atoms in total. The maximum atomic E-state index is 12.2. The summed E-state index contributed by atoms with van der Waals surface area (Å²) in [5.41, 5.74) is 1.81. The van der Waals surface area contributed by atoms with E-state index in [1.54, 1.807) is 18.2 Å². The Morgan fingerprint density at radius 3 is 2.39 bits per heavy atom. The monoisotopic (exact) mass is 324 g/mol. The molecule has 0 saturated heterocycles. The minimum atomic E-state index is -0.294. The third-order valence-electron chi connectivity index (χ3n) is 3.05. The molecule has 3 rings (SSSR count). The number of benzene rings is 2. The Balaban J connectivity index is 1.74. The average molecular weight is 325 g/mol. The van der Waals surface area contributed by atoms with Gasteiger partial charge in [-0.15, -0.1) is 0 Å². The number of anilines is 3. The molecule has 1 heterocycles. The predicted octanol–water partition coefficient (Wildman–Crippen LogP) is 4.13. The minimum Gasteiger partial charge on any atom is -0.340 e. The van der Waals surface area contributed by atoms with Gasteiger partial charge in [-0.25, -0.2) is 9.97 Å². The quantitative estimate of drug-likeness (QED) is 0.757. The van der Waals surface area contributed by atoms with Crippen molar-refractivity contribution in [2.45, 2.75) is 0 Å². The molecule has 114 valence electrons. The highest BCUT2D eigenvalue weighted by atomic mass is 35.5. The van der Waals surface area contributed by atoms with Crippen LogP contribution in [0.3, 0.4) is 0 Å². The van der Waals surface area contributed by atoms with Crippen molar-refractivity contribution < 1.29 is 4.79 Å². The molecule has 0 aliphatic heterocycles. The molecule has 0 fully saturated rings. The smallest absolute Gasteiger partial charge is 0.274 e. The molecule has 0 aliphatic carbocycles. The van der Waals surface area contributed by atoms with Gasteiger partial charge in [0.05, 0.1) is 0 Å². The largest absolute Gasteiger partial charge is 0.340 e. The molecule has 1 amide bonds. The molecule has 0 unspecified atom stereocenters. The van der Waals surface area contributed by atoms with Crippen LogP contribution >= 0.6 is 11.6 Å². The molecule has 0 bridgehead atoms. The number of hydrogen-bond acceptors (Lipinski definition) is 4. The molecule has 3 aromatic rings. The molecule has 2 N–H and O–H groups in total. The van der Waals surface area contributed by atoms with Gasteiger partial charge in [-0.2, -0.15) is 0 Å². The Bertz CT molecular complexity index is 806. The van der Waals surface area contributed by atoms with E-state index in [1.807, 2.05) is 42.5 Å². The van der Waals surface area contributed by atoms with Gasteiger partial charge in [-0.05, 0) is 36.4 Å². The van der Waals surface area contributed by atoms with Crippen LogP contribution in [0.15, 0.2) is 67.0 Å². The van der Waals surface area contributed by atoms with Gasteiger partial charge in [-0.1, -0.05) is 29.8 Å². The lowest BCUT2D eigenvalue weighted by Crippen LogP contribution is -2.14. The van der Waals surface area contributed by atoms with E-state index in [2.05, 4.69) is 20.6 Å². The van der Waals surface area contributed by atoms with Crippen molar-refractivity contribution in [2.75, 3.05) is 10.6 Å². The standard InChI is InChI=1S/C17H13ClN4O/c18-12-6-8-14(9-7-12)21-16-10-15(19-11-20-16)17(23)22-13-4-2-1-3-5-13/h1-11H,(H,22,23)(H,19,20,21). The highest BCUT2D eigenvalue weighted by Gasteiger charge is 2.09. The molecule has 0 spiro atoms. The topological polar surface area (TPSA) is 66.9 Å². The number of carbonyl (C=O) groups is 1. The van der Waals surface area contributed by atoms with E-state index in [-0.39, 0.29) is 11.6 Å². The molecular formula is C17H13ClN4O. The molecule has 1 aromatic heterocycles. The summed E-state index contributed by atoms with van der Waals surface area (Å²) in [7, 11) is 0. The van der Waals surface area contributed by atoms with Crippen LogP contribution in [0.2, 0.25) is 5.02 Å². The average Bonchev–Trinajstić information content (AvgIpc) is 2.58. The van der Waals surface area contributed by atoms with Gasteiger partial charge in [0.2, 0.25) is 0 Å². The van der Waals surface area contributed by atoms with E-state index in [4.69, 9.17) is 11.6 Å². The van der Waals surface area contributed by atoms with E-state index < -0.39 is 0 Å². The van der Waals surface area contributed by atoms with Crippen molar-refractivity contribution >= 4 is 34.7 Å². The lowest BCUT2D eigenvalue weighted by atomic mass is 10.3. The molecule has 0 radical (unpaired) electrons. The van der Waals surface area contributed by atoms with Crippen molar-refractivity contribution in [1.29, 1.82) is 0 Å². The van der Waals surface area contributed by atoms with Crippen molar-refractivity contribution in [3.8, 4) is 0 Å². The Labute approximate surface area is 138 Å². The van der Waals surface area contributed by atoms with Gasteiger partial charge in [0.1, 0.15) is 17.8 Å². The summed E-state index contributed by atoms with van der Waals surface area (Å²) in [4.78, 5) is 20.3. The van der Waals surface area contributed by atoms with Gasteiger partial charge in [0.15, 0.2) is 0 Å². The van der Waals surface area contributed by atoms with Crippen LogP contribution in [0, 0.1) is 0 Å². The highest BCUT2D eigenvalue weighted by molar-refractivity contribution is 6.30. The van der Waals surface area contributed by atoms with Crippen LogP contribution in [-0.2, 0) is 0 Å². The second-order valence-electron chi connectivity index (χ2n) is 4.74. The second kappa shape index (κ2) is 6.89. The predicted molar refractivity (Wildman–Crippen MR) is 91.2 cm³/mol. The first-order valence-corrected chi connectivity index (χ1v) is 7.29. The van der Waals surface area contributed by atoms with Gasteiger partial charge < -0.3 is 10.6 Å². The number of carbonyl (C=O) groups excluding carboxylic acids is 1. The third kappa shape index (κ3) is 4.05. The number of nitrogens with zero attached hydrogens (tertiary/aromatic N) is 2. The SMILES string of the molecule is O=C(Nc1ccccc1)c1cc(Nc2ccc(Cl)cc2)ncn1. The van der Waals surface area contributed by atoms with Crippen molar-refractivity contribution in [2.24, 2.45) is 0 Å². The molecule has 2 aromatic carbocycles. The number of amides is 1. The van der Waals surface area contributed by atoms with Crippen LogP contribution in [-0.4, -0.2) is 15.9 Å². The van der Waals surface area contributed by atoms with Crippen LogP contribution in [0.25, 0.3) is 0 Å². The molecule has 0 saturated carbocycles. The lowest BCUT2D eigenvalue weighted by molar-refractivity contribution is 0.102. The lowest BCUT2D eigenvalue weighted by Gasteiger charge is -2.07. The maximum absolute atomic E-state index is 12.2. The molecular weight excluding hydrogens is 312 g/mol. The van der Waals surface area contributed by atoms with Gasteiger partial charge in [-0.3, -0.25) is 4.79 Å². The maximum Gasteiger partial charge on any atom is 0.274 e. The number of halogens is 1. The van der Waals surface area contributed by atoms with E-state index in [1.165, 1.54) is 6.33 Å². The van der Waals surface area contributed by atoms with Crippen molar-refractivity contribution in [3.63, 3.8) is 0 Å². The summed E-state index contributed by atoms with van der Waals surface area (Å²) >= 11 is 5.85. The van der Waals surface area contributed by atoms with Crippen LogP contribution in [0.1, 0.15) is 10.5 Å². The third-order valence-corrected chi connectivity index (χ3v) is 3.30. The fourth-order valence-electron chi connectivity index (χ4n) is 1.95. The highest BCUT2D eigenvalue weighted by Crippen LogP contribution is 2.18. The van der Waals surface area contributed by atoms with Gasteiger partial charge >= 0.3 is 0 Å². The van der Waals surface area contributed by atoms with E-state index >= 15 is 0 Å². The number of nitrogens with one attached hydrogen (secondary N) is 2. The second-order valence-corrected chi connectivity index (χ2v) is 5.18. The van der Waals surface area contributed by atoms with Crippen LogP contribution in [0.4, 0.5) is 17.2 Å². The van der Waals surface area contributed by atoms with Gasteiger partial charge in [0, 0.05) is 22.5 Å². The minimum absolute atomic E-state index is 0.278. The van der Waals surface area contributed by atoms with E-state index in [0.29, 0.717) is 16.5 Å². The first-order valence-electron chi connectivity index (χ1n) is 6.92. The Morgan fingerprint density at radius 1 is 0.913 bits per heavy atom. The van der Waals surface area contributed by atoms with Crippen LogP contribution in [0.5, 0.6) is 0 Å². The summed E-state index contributed by atoms with van der Waals surface area (Å²) in [6, 6.07) is 18.0. The number of hydrogen-bond donors (Lipinski definition) is 2. The Kier molecular flexibility index (Phi) is 4.49. The number of aromatic nitrogens is 2. The molecule has 23 heavy (non-hydrogen) atoms. The van der Waals surface area contributed by atoms with E-state index in [0.717, 1.165) is 5.69 Å². The fourth-order valence-corrected chi connectivity index (χ4v) is 2.07. The molecule has 6 heteroatoms. The summed E-state index contributed by atoms with van der Waals surface area (Å²) in [5.74, 6) is 0.235. The number of para-hydroxylation sites is 1.